The number of likely N-dealkylation sites (tertiary alicyclic amines) is 1. The molecular formula is C23H25N7O3. The molecule has 10 nitrogen and oxygen atoms in total. The van der Waals surface area contributed by atoms with E-state index in [1.165, 1.54) is 6.20 Å². The van der Waals surface area contributed by atoms with Gasteiger partial charge in [-0.15, -0.1) is 0 Å². The van der Waals surface area contributed by atoms with Gasteiger partial charge in [0.15, 0.2) is 0 Å². The highest BCUT2D eigenvalue weighted by Gasteiger charge is 2.63. The van der Waals surface area contributed by atoms with Gasteiger partial charge in [0.2, 0.25) is 0 Å². The molecule has 3 aliphatic rings. The van der Waals surface area contributed by atoms with Crippen molar-refractivity contribution in [1.82, 2.24) is 24.6 Å². The summed E-state index contributed by atoms with van der Waals surface area (Å²) < 4.78 is 1.59. The van der Waals surface area contributed by atoms with Gasteiger partial charge >= 0.3 is 6.03 Å². The van der Waals surface area contributed by atoms with E-state index in [2.05, 4.69) is 10.1 Å². The lowest BCUT2D eigenvalue weighted by molar-refractivity contribution is -0.121. The maximum Gasteiger partial charge on any atom is 0.332 e. The summed E-state index contributed by atoms with van der Waals surface area (Å²) >= 11 is 0. The molecule has 0 radical (unpaired) electrons. The summed E-state index contributed by atoms with van der Waals surface area (Å²) in [4.78, 5) is 48.5. The molecule has 3 atom stereocenters. The van der Waals surface area contributed by atoms with E-state index in [0.29, 0.717) is 29.9 Å². The van der Waals surface area contributed by atoms with Gasteiger partial charge in [-0.2, -0.15) is 10.4 Å². The zero-order chi connectivity index (χ0) is 23.8. The minimum atomic E-state index is -0.716. The van der Waals surface area contributed by atoms with Crippen molar-refractivity contribution in [3.05, 3.63) is 41.0 Å². The van der Waals surface area contributed by atoms with Gasteiger partial charge in [-0.25, -0.2) is 14.7 Å². The fourth-order valence-electron chi connectivity index (χ4n) is 5.11. The Bertz CT molecular complexity index is 1250. The van der Waals surface area contributed by atoms with Crippen LogP contribution >= 0.6 is 0 Å². The van der Waals surface area contributed by atoms with Crippen LogP contribution in [0.3, 0.4) is 0 Å². The number of nitriles is 1. The number of aryl methyl sites for hydroxylation is 2. The minimum Gasteiger partial charge on any atom is -0.330 e. The van der Waals surface area contributed by atoms with E-state index in [1.54, 1.807) is 34.5 Å². The summed E-state index contributed by atoms with van der Waals surface area (Å²) in [7, 11) is 1.75. The second-order valence-corrected chi connectivity index (χ2v) is 9.98. The molecule has 2 bridgehead atoms. The number of imide groups is 1. The Labute approximate surface area is 191 Å². The zero-order valence-corrected chi connectivity index (χ0v) is 19.2. The van der Waals surface area contributed by atoms with Crippen LogP contribution in [0.2, 0.25) is 0 Å². The SMILES string of the molecule is Cc1cc(N2C(=O)C3C4CC(CN4C(=O)c4cc(C(C)(C)C)nn4C)N3C2=O)cnc1C#N. The van der Waals surface area contributed by atoms with E-state index in [-0.39, 0.29) is 35.0 Å². The standard InChI is InChI=1S/C23H25N7O3/c1-12-6-13(10-25-15(12)9-24)30-21(32)19-16-7-14(29(19)22(30)33)11-28(16)20(31)17-8-18(23(2,3)4)26-27(17)5/h6,8,10,14,16,19H,7,11H2,1-5H3. The van der Waals surface area contributed by atoms with Crippen LogP contribution in [0.1, 0.15) is 54.6 Å². The number of hydrogen-bond acceptors (Lipinski definition) is 6. The fourth-order valence-corrected chi connectivity index (χ4v) is 5.11. The fraction of sp³-hybridized carbons (Fsp3) is 0.478. The number of piperazine rings is 1. The number of rotatable bonds is 2. The van der Waals surface area contributed by atoms with Crippen LogP contribution < -0.4 is 4.90 Å². The number of hydrogen-bond donors (Lipinski definition) is 0. The van der Waals surface area contributed by atoms with Crippen LogP contribution in [0.15, 0.2) is 18.3 Å². The quantitative estimate of drug-likeness (QED) is 0.648. The number of carbonyl (C=O) groups is 3. The van der Waals surface area contributed by atoms with Crippen molar-refractivity contribution >= 4 is 23.5 Å². The highest BCUT2D eigenvalue weighted by atomic mass is 16.2. The second-order valence-electron chi connectivity index (χ2n) is 9.98. The van der Waals surface area contributed by atoms with E-state index in [9.17, 15) is 14.4 Å². The molecule has 4 amide bonds. The molecule has 170 valence electrons. The van der Waals surface area contributed by atoms with Crippen LogP contribution in [0.5, 0.6) is 0 Å². The number of pyridine rings is 1. The molecule has 3 unspecified atom stereocenters. The van der Waals surface area contributed by atoms with E-state index in [4.69, 9.17) is 5.26 Å². The number of urea groups is 1. The summed E-state index contributed by atoms with van der Waals surface area (Å²) in [6.07, 6.45) is 1.95. The van der Waals surface area contributed by atoms with Crippen molar-refractivity contribution in [3.8, 4) is 6.07 Å². The Hall–Kier alpha value is -3.74. The Kier molecular flexibility index (Phi) is 4.40. The van der Waals surface area contributed by atoms with Crippen molar-refractivity contribution in [2.24, 2.45) is 7.05 Å². The molecule has 3 aliphatic heterocycles. The van der Waals surface area contributed by atoms with E-state index >= 15 is 0 Å². The lowest BCUT2D eigenvalue weighted by Gasteiger charge is -2.34. The lowest BCUT2D eigenvalue weighted by Crippen LogP contribution is -2.55. The number of fused-ring (bicyclic) bond motifs is 5. The van der Waals surface area contributed by atoms with Gasteiger partial charge in [-0.3, -0.25) is 14.3 Å². The predicted molar refractivity (Wildman–Crippen MR) is 117 cm³/mol. The zero-order valence-electron chi connectivity index (χ0n) is 19.2. The van der Waals surface area contributed by atoms with Gasteiger partial charge in [-0.1, -0.05) is 20.8 Å². The predicted octanol–water partition coefficient (Wildman–Crippen LogP) is 1.73. The summed E-state index contributed by atoms with van der Waals surface area (Å²) in [6, 6.07) is 3.71. The third-order valence-corrected chi connectivity index (χ3v) is 6.82. The lowest BCUT2D eigenvalue weighted by atomic mass is 9.92. The largest absolute Gasteiger partial charge is 0.332 e. The smallest absolute Gasteiger partial charge is 0.330 e. The molecule has 2 aromatic heterocycles. The van der Waals surface area contributed by atoms with Crippen LogP contribution in [-0.4, -0.2) is 67.1 Å². The van der Waals surface area contributed by atoms with Crippen LogP contribution in [0, 0.1) is 18.3 Å². The van der Waals surface area contributed by atoms with Crippen LogP contribution in [-0.2, 0) is 17.3 Å². The molecule has 0 N–H and O–H groups in total. The average molecular weight is 447 g/mol. The third-order valence-electron chi connectivity index (χ3n) is 6.82. The second kappa shape index (κ2) is 6.88. The summed E-state index contributed by atoms with van der Waals surface area (Å²) in [5.74, 6) is -0.543. The first-order valence-electron chi connectivity index (χ1n) is 10.9. The first kappa shape index (κ1) is 21.1. The van der Waals surface area contributed by atoms with E-state index in [0.717, 1.165) is 10.6 Å². The number of nitrogens with zero attached hydrogens (tertiary/aromatic N) is 7. The van der Waals surface area contributed by atoms with Gasteiger partial charge in [0, 0.05) is 19.0 Å². The van der Waals surface area contributed by atoms with Crippen molar-refractivity contribution in [2.45, 2.75) is 57.7 Å². The molecule has 0 spiro atoms. The molecule has 3 saturated heterocycles. The normalized spacial score (nSPS) is 24.0. The molecule has 10 heteroatoms. The maximum atomic E-state index is 13.4. The highest BCUT2D eigenvalue weighted by Crippen LogP contribution is 2.43. The average Bonchev–Trinajstić information content (AvgIpc) is 3.49. The van der Waals surface area contributed by atoms with Crippen molar-refractivity contribution in [2.75, 3.05) is 11.4 Å². The summed E-state index contributed by atoms with van der Waals surface area (Å²) in [6.45, 7) is 8.21. The topological polar surface area (TPSA) is 115 Å². The van der Waals surface area contributed by atoms with Gasteiger partial charge in [0.25, 0.3) is 11.8 Å². The van der Waals surface area contributed by atoms with Gasteiger partial charge in [0.1, 0.15) is 23.5 Å². The van der Waals surface area contributed by atoms with Crippen molar-refractivity contribution in [1.29, 1.82) is 5.26 Å². The summed E-state index contributed by atoms with van der Waals surface area (Å²) in [5, 5.41) is 13.6. The highest BCUT2D eigenvalue weighted by molar-refractivity contribution is 6.22. The number of carbonyl (C=O) groups excluding carboxylic acids is 3. The van der Waals surface area contributed by atoms with Crippen molar-refractivity contribution in [3.63, 3.8) is 0 Å². The van der Waals surface area contributed by atoms with Crippen LogP contribution in [0.25, 0.3) is 0 Å². The molecule has 0 saturated carbocycles. The third kappa shape index (κ3) is 2.95. The Balaban J connectivity index is 1.43. The Morgan fingerprint density at radius 2 is 1.97 bits per heavy atom. The monoisotopic (exact) mass is 447 g/mol. The molecule has 0 aliphatic carbocycles. The Morgan fingerprint density at radius 3 is 2.58 bits per heavy atom. The van der Waals surface area contributed by atoms with Crippen LogP contribution in [0.4, 0.5) is 10.5 Å². The number of anilines is 1. The van der Waals surface area contributed by atoms with Gasteiger partial charge in [-0.05, 0) is 31.0 Å². The summed E-state index contributed by atoms with van der Waals surface area (Å²) in [5.41, 5.74) is 2.28. The minimum absolute atomic E-state index is 0.178. The molecular weight excluding hydrogens is 422 g/mol. The van der Waals surface area contributed by atoms with E-state index < -0.39 is 12.1 Å². The molecule has 0 aromatic carbocycles. The molecule has 3 fully saturated rings. The number of amides is 4. The Morgan fingerprint density at radius 1 is 1.24 bits per heavy atom. The maximum absolute atomic E-state index is 13.4. The van der Waals surface area contributed by atoms with Crippen molar-refractivity contribution < 1.29 is 14.4 Å². The number of aromatic nitrogens is 3. The van der Waals surface area contributed by atoms with Gasteiger partial charge < -0.3 is 9.80 Å². The molecule has 33 heavy (non-hydrogen) atoms. The molecule has 2 aromatic rings. The molecule has 5 heterocycles. The van der Waals surface area contributed by atoms with E-state index in [1.807, 2.05) is 32.9 Å². The first-order valence-corrected chi connectivity index (χ1v) is 10.9. The van der Waals surface area contributed by atoms with Gasteiger partial charge in [0.05, 0.1) is 29.7 Å². The first-order chi connectivity index (χ1) is 15.5. The molecule has 5 rings (SSSR count).